The van der Waals surface area contributed by atoms with E-state index < -0.39 is 0 Å². The highest BCUT2D eigenvalue weighted by molar-refractivity contribution is 5.81. The summed E-state index contributed by atoms with van der Waals surface area (Å²) in [5.74, 6) is -0.00463. The van der Waals surface area contributed by atoms with E-state index in [-0.39, 0.29) is 18.0 Å². The normalized spacial score (nSPS) is 13.4. The molecule has 3 heteroatoms. The molecule has 0 spiro atoms. The fourth-order valence-electron chi connectivity index (χ4n) is 0.576. The zero-order valence-corrected chi connectivity index (χ0v) is 7.09. The van der Waals surface area contributed by atoms with Crippen molar-refractivity contribution in [3.63, 3.8) is 0 Å². The Morgan fingerprint density at radius 2 is 1.80 bits per heavy atom. The number of carbonyl (C=O) groups excluding carboxylic acids is 1. The van der Waals surface area contributed by atoms with Crippen LogP contribution >= 0.6 is 0 Å². The van der Waals surface area contributed by atoms with Crippen LogP contribution < -0.4 is 5.73 Å². The third kappa shape index (κ3) is 2.35. The van der Waals surface area contributed by atoms with E-state index in [9.17, 15) is 4.79 Å². The molecular weight excluding hydrogens is 128 g/mol. The molecule has 0 aliphatic rings. The lowest BCUT2D eigenvalue weighted by Crippen LogP contribution is -2.43. The van der Waals surface area contributed by atoms with Crippen molar-refractivity contribution in [3.8, 4) is 0 Å². The fraction of sp³-hybridized carbons (Fsp3) is 0.857. The minimum Gasteiger partial charge on any atom is -0.342 e. The van der Waals surface area contributed by atoms with Crippen LogP contribution in [0.15, 0.2) is 0 Å². The summed E-state index contributed by atoms with van der Waals surface area (Å²) < 4.78 is 0. The molecule has 0 aromatic carbocycles. The van der Waals surface area contributed by atoms with Gasteiger partial charge in [0, 0.05) is 13.1 Å². The fourth-order valence-corrected chi connectivity index (χ4v) is 0.576. The van der Waals surface area contributed by atoms with Crippen molar-refractivity contribution in [2.24, 2.45) is 5.73 Å². The predicted octanol–water partition coefficient (Wildman–Crippen LogP) is 0.200. The lowest BCUT2D eigenvalue weighted by molar-refractivity contribution is -0.132. The van der Waals surface area contributed by atoms with E-state index in [1.807, 2.05) is 13.8 Å². The molecule has 10 heavy (non-hydrogen) atoms. The number of nitrogens with two attached hydrogens (primary N) is 1. The largest absolute Gasteiger partial charge is 0.342 e. The average molecular weight is 144 g/mol. The first-order valence-electron chi connectivity index (χ1n) is 3.49. The molecule has 3 nitrogen and oxygen atoms in total. The third-order valence-electron chi connectivity index (χ3n) is 1.51. The Kier molecular flexibility index (Phi) is 3.36. The second-order valence-electron chi connectivity index (χ2n) is 2.83. The van der Waals surface area contributed by atoms with E-state index in [4.69, 9.17) is 5.73 Å². The van der Waals surface area contributed by atoms with Gasteiger partial charge in [-0.15, -0.1) is 0 Å². The Bertz CT molecular complexity index is 121. The SMILES string of the molecule is CC(C)N(C)C(=O)[C@H](C)N. The lowest BCUT2D eigenvalue weighted by atomic mass is 10.2. The summed E-state index contributed by atoms with van der Waals surface area (Å²) in [6.45, 7) is 5.61. The van der Waals surface area contributed by atoms with Crippen molar-refractivity contribution in [1.82, 2.24) is 4.90 Å². The van der Waals surface area contributed by atoms with Crippen LogP contribution in [-0.2, 0) is 4.79 Å². The monoisotopic (exact) mass is 144 g/mol. The Hall–Kier alpha value is -0.570. The minimum atomic E-state index is -0.382. The van der Waals surface area contributed by atoms with E-state index in [1.54, 1.807) is 18.9 Å². The average Bonchev–Trinajstić information content (AvgIpc) is 1.84. The smallest absolute Gasteiger partial charge is 0.239 e. The Labute approximate surface area is 62.2 Å². The molecule has 0 saturated carbocycles. The van der Waals surface area contributed by atoms with Gasteiger partial charge in [-0.1, -0.05) is 0 Å². The highest BCUT2D eigenvalue weighted by Crippen LogP contribution is 1.95. The molecule has 1 atom stereocenters. The van der Waals surface area contributed by atoms with Crippen LogP contribution in [-0.4, -0.2) is 29.9 Å². The van der Waals surface area contributed by atoms with Crippen LogP contribution in [0, 0.1) is 0 Å². The summed E-state index contributed by atoms with van der Waals surface area (Å²) in [4.78, 5) is 12.7. The molecule has 0 aliphatic heterocycles. The highest BCUT2D eigenvalue weighted by atomic mass is 16.2. The highest BCUT2D eigenvalue weighted by Gasteiger charge is 2.14. The second-order valence-corrected chi connectivity index (χ2v) is 2.83. The van der Waals surface area contributed by atoms with E-state index in [0.29, 0.717) is 0 Å². The molecule has 0 bridgehead atoms. The summed E-state index contributed by atoms with van der Waals surface area (Å²) >= 11 is 0. The first-order valence-corrected chi connectivity index (χ1v) is 3.49. The number of likely N-dealkylation sites (N-methyl/N-ethyl adjacent to an activating group) is 1. The molecule has 0 fully saturated rings. The molecule has 0 aliphatic carbocycles. The molecule has 0 saturated heterocycles. The molecule has 2 N–H and O–H groups in total. The van der Waals surface area contributed by atoms with Crippen LogP contribution in [0.3, 0.4) is 0 Å². The lowest BCUT2D eigenvalue weighted by Gasteiger charge is -2.22. The van der Waals surface area contributed by atoms with Crippen molar-refractivity contribution in [1.29, 1.82) is 0 Å². The van der Waals surface area contributed by atoms with Gasteiger partial charge in [0.15, 0.2) is 0 Å². The predicted molar refractivity (Wildman–Crippen MR) is 41.6 cm³/mol. The number of carbonyl (C=O) groups is 1. The van der Waals surface area contributed by atoms with Gasteiger partial charge < -0.3 is 10.6 Å². The maximum atomic E-state index is 11.1. The zero-order valence-electron chi connectivity index (χ0n) is 7.09. The molecular formula is C7H16N2O. The summed E-state index contributed by atoms with van der Waals surface area (Å²) in [5.41, 5.74) is 5.38. The van der Waals surface area contributed by atoms with E-state index in [2.05, 4.69) is 0 Å². The third-order valence-corrected chi connectivity index (χ3v) is 1.51. The molecule has 0 aromatic rings. The van der Waals surface area contributed by atoms with Crippen LogP contribution in [0.2, 0.25) is 0 Å². The van der Waals surface area contributed by atoms with Gasteiger partial charge in [0.05, 0.1) is 6.04 Å². The number of rotatable bonds is 2. The zero-order chi connectivity index (χ0) is 8.31. The second kappa shape index (κ2) is 3.56. The van der Waals surface area contributed by atoms with Gasteiger partial charge in [0.2, 0.25) is 5.91 Å². The van der Waals surface area contributed by atoms with Crippen molar-refractivity contribution < 1.29 is 4.79 Å². The van der Waals surface area contributed by atoms with Gasteiger partial charge in [-0.25, -0.2) is 0 Å². The molecule has 0 rings (SSSR count). The summed E-state index contributed by atoms with van der Waals surface area (Å²) in [6.07, 6.45) is 0. The van der Waals surface area contributed by atoms with Gasteiger partial charge in [0.25, 0.3) is 0 Å². The first-order chi connectivity index (χ1) is 4.46. The van der Waals surface area contributed by atoms with Crippen LogP contribution in [0.5, 0.6) is 0 Å². The maximum Gasteiger partial charge on any atom is 0.239 e. The van der Waals surface area contributed by atoms with Crippen LogP contribution in [0.4, 0.5) is 0 Å². The molecule has 0 heterocycles. The van der Waals surface area contributed by atoms with Gasteiger partial charge in [-0.05, 0) is 20.8 Å². The Balaban J connectivity index is 3.95. The number of nitrogens with zero attached hydrogens (tertiary/aromatic N) is 1. The number of amides is 1. The van der Waals surface area contributed by atoms with Crippen LogP contribution in [0.1, 0.15) is 20.8 Å². The van der Waals surface area contributed by atoms with Gasteiger partial charge in [0.1, 0.15) is 0 Å². The molecule has 60 valence electrons. The molecule has 1 amide bonds. The van der Waals surface area contributed by atoms with Crippen LogP contribution in [0.25, 0.3) is 0 Å². The van der Waals surface area contributed by atoms with Gasteiger partial charge >= 0.3 is 0 Å². The molecule has 0 aromatic heterocycles. The van der Waals surface area contributed by atoms with E-state index in [0.717, 1.165) is 0 Å². The van der Waals surface area contributed by atoms with Crippen molar-refractivity contribution in [2.45, 2.75) is 32.9 Å². The summed E-state index contributed by atoms with van der Waals surface area (Å²) in [5, 5.41) is 0. The standard InChI is InChI=1S/C7H16N2O/c1-5(2)9(4)7(10)6(3)8/h5-6H,8H2,1-4H3/t6-/m0/s1. The summed E-state index contributed by atoms with van der Waals surface area (Å²) in [6, 6.07) is -0.147. The number of hydrogen-bond donors (Lipinski definition) is 1. The Morgan fingerprint density at radius 3 is 1.90 bits per heavy atom. The molecule has 0 unspecified atom stereocenters. The number of hydrogen-bond acceptors (Lipinski definition) is 2. The van der Waals surface area contributed by atoms with Gasteiger partial charge in [-0.2, -0.15) is 0 Å². The summed E-state index contributed by atoms with van der Waals surface area (Å²) in [7, 11) is 1.76. The van der Waals surface area contributed by atoms with Crippen molar-refractivity contribution >= 4 is 5.91 Å². The minimum absolute atomic E-state index is 0.00463. The van der Waals surface area contributed by atoms with E-state index >= 15 is 0 Å². The van der Waals surface area contributed by atoms with Crippen molar-refractivity contribution in [3.05, 3.63) is 0 Å². The topological polar surface area (TPSA) is 46.3 Å². The first kappa shape index (κ1) is 9.43. The van der Waals surface area contributed by atoms with E-state index in [1.165, 1.54) is 0 Å². The Morgan fingerprint density at radius 1 is 1.40 bits per heavy atom. The quantitative estimate of drug-likeness (QED) is 0.601. The van der Waals surface area contributed by atoms with Gasteiger partial charge in [-0.3, -0.25) is 4.79 Å². The maximum absolute atomic E-state index is 11.1. The molecule has 0 radical (unpaired) electrons. The van der Waals surface area contributed by atoms with Crippen molar-refractivity contribution in [2.75, 3.05) is 7.05 Å².